The molecular formula is C9H10Cl2N2O. The van der Waals surface area contributed by atoms with E-state index in [2.05, 4.69) is 10.3 Å². The van der Waals surface area contributed by atoms with Crippen LogP contribution in [0.3, 0.4) is 0 Å². The van der Waals surface area contributed by atoms with Crippen molar-refractivity contribution in [2.45, 2.75) is 6.04 Å². The van der Waals surface area contributed by atoms with Crippen LogP contribution in [0.2, 0.25) is 10.3 Å². The van der Waals surface area contributed by atoms with Crippen molar-refractivity contribution in [1.82, 2.24) is 10.3 Å². The van der Waals surface area contributed by atoms with Gasteiger partial charge in [-0.2, -0.15) is 0 Å². The van der Waals surface area contributed by atoms with Gasteiger partial charge in [-0.25, -0.2) is 4.98 Å². The van der Waals surface area contributed by atoms with Gasteiger partial charge in [0.2, 0.25) is 0 Å². The molecule has 0 radical (unpaired) electrons. The summed E-state index contributed by atoms with van der Waals surface area (Å²) in [6, 6.07) is 3.74. The fourth-order valence-corrected chi connectivity index (χ4v) is 1.92. The van der Waals surface area contributed by atoms with E-state index in [0.29, 0.717) is 16.9 Å². The number of pyridine rings is 1. The smallest absolute Gasteiger partial charge is 0.135 e. The minimum atomic E-state index is 0.126. The molecule has 2 rings (SSSR count). The van der Waals surface area contributed by atoms with Crippen LogP contribution in [0.15, 0.2) is 12.1 Å². The molecule has 0 saturated carbocycles. The molecule has 1 fully saturated rings. The molecule has 0 bridgehead atoms. The monoisotopic (exact) mass is 232 g/mol. The number of morpholine rings is 1. The van der Waals surface area contributed by atoms with E-state index in [4.69, 9.17) is 27.9 Å². The highest BCUT2D eigenvalue weighted by Crippen LogP contribution is 2.24. The molecule has 0 spiro atoms. The van der Waals surface area contributed by atoms with Crippen LogP contribution in [-0.4, -0.2) is 24.7 Å². The summed E-state index contributed by atoms with van der Waals surface area (Å²) in [5.41, 5.74) is 0.941. The van der Waals surface area contributed by atoms with E-state index < -0.39 is 0 Å². The molecule has 14 heavy (non-hydrogen) atoms. The van der Waals surface area contributed by atoms with E-state index in [9.17, 15) is 0 Å². The molecule has 1 aromatic rings. The zero-order chi connectivity index (χ0) is 9.97. The summed E-state index contributed by atoms with van der Waals surface area (Å²) >= 11 is 11.7. The molecule has 1 atom stereocenters. The standard InChI is InChI=1S/C9H10Cl2N2O/c10-8-2-1-6(9(11)13-8)7-5-14-4-3-12-7/h1-2,7,12H,3-5H2/t7-/m0/s1. The van der Waals surface area contributed by atoms with Gasteiger partial charge in [0, 0.05) is 12.1 Å². The fourth-order valence-electron chi connectivity index (χ4n) is 1.45. The number of ether oxygens (including phenoxy) is 1. The number of nitrogens with one attached hydrogen (secondary N) is 1. The highest BCUT2D eigenvalue weighted by Gasteiger charge is 2.18. The van der Waals surface area contributed by atoms with Gasteiger partial charge in [0.1, 0.15) is 10.3 Å². The molecule has 1 saturated heterocycles. The number of aromatic nitrogens is 1. The van der Waals surface area contributed by atoms with Gasteiger partial charge < -0.3 is 10.1 Å². The third-order valence-corrected chi connectivity index (χ3v) is 2.65. The summed E-state index contributed by atoms with van der Waals surface area (Å²) in [5.74, 6) is 0. The molecule has 0 amide bonds. The molecule has 1 aliphatic heterocycles. The summed E-state index contributed by atoms with van der Waals surface area (Å²) in [7, 11) is 0. The number of hydrogen-bond donors (Lipinski definition) is 1. The predicted octanol–water partition coefficient (Wildman–Crippen LogP) is 2.05. The van der Waals surface area contributed by atoms with Gasteiger partial charge in [0.25, 0.3) is 0 Å². The van der Waals surface area contributed by atoms with Gasteiger partial charge >= 0.3 is 0 Å². The normalized spacial score (nSPS) is 22.3. The molecule has 3 nitrogen and oxygen atoms in total. The van der Waals surface area contributed by atoms with E-state index in [-0.39, 0.29) is 6.04 Å². The highest BCUT2D eigenvalue weighted by molar-refractivity contribution is 6.32. The molecular weight excluding hydrogens is 223 g/mol. The Bertz CT molecular complexity index is 327. The Kier molecular flexibility index (Phi) is 3.23. The summed E-state index contributed by atoms with van der Waals surface area (Å²) in [6.07, 6.45) is 0. The van der Waals surface area contributed by atoms with Crippen LogP contribution in [0.4, 0.5) is 0 Å². The lowest BCUT2D eigenvalue weighted by molar-refractivity contribution is 0.0768. The Morgan fingerprint density at radius 3 is 2.93 bits per heavy atom. The van der Waals surface area contributed by atoms with Crippen molar-refractivity contribution in [1.29, 1.82) is 0 Å². The second-order valence-corrected chi connectivity index (χ2v) is 3.84. The second-order valence-electron chi connectivity index (χ2n) is 3.10. The summed E-state index contributed by atoms with van der Waals surface area (Å²) in [5, 5.41) is 4.16. The van der Waals surface area contributed by atoms with Crippen molar-refractivity contribution in [2.75, 3.05) is 19.8 Å². The Labute approximate surface area is 92.4 Å². The third kappa shape index (κ3) is 2.17. The average molecular weight is 233 g/mol. The first-order valence-electron chi connectivity index (χ1n) is 4.40. The van der Waals surface area contributed by atoms with Crippen LogP contribution in [0.5, 0.6) is 0 Å². The highest BCUT2D eigenvalue weighted by atomic mass is 35.5. The van der Waals surface area contributed by atoms with Crippen molar-refractivity contribution in [2.24, 2.45) is 0 Å². The maximum Gasteiger partial charge on any atom is 0.135 e. The van der Waals surface area contributed by atoms with Crippen molar-refractivity contribution in [3.63, 3.8) is 0 Å². The van der Waals surface area contributed by atoms with Gasteiger partial charge in [-0.3, -0.25) is 0 Å². The molecule has 1 aliphatic rings. The Morgan fingerprint density at radius 1 is 1.43 bits per heavy atom. The number of halogens is 2. The van der Waals surface area contributed by atoms with Crippen LogP contribution >= 0.6 is 23.2 Å². The van der Waals surface area contributed by atoms with Gasteiger partial charge in [0.15, 0.2) is 0 Å². The first-order valence-corrected chi connectivity index (χ1v) is 5.16. The third-order valence-electron chi connectivity index (χ3n) is 2.14. The zero-order valence-corrected chi connectivity index (χ0v) is 8.98. The lowest BCUT2D eigenvalue weighted by Crippen LogP contribution is -2.34. The summed E-state index contributed by atoms with van der Waals surface area (Å²) < 4.78 is 5.34. The van der Waals surface area contributed by atoms with Crippen LogP contribution < -0.4 is 5.32 Å². The quantitative estimate of drug-likeness (QED) is 0.754. The predicted molar refractivity (Wildman–Crippen MR) is 55.8 cm³/mol. The topological polar surface area (TPSA) is 34.1 Å². The molecule has 0 aromatic carbocycles. The fraction of sp³-hybridized carbons (Fsp3) is 0.444. The van der Waals surface area contributed by atoms with Crippen LogP contribution in [0.1, 0.15) is 11.6 Å². The Balaban J connectivity index is 2.22. The van der Waals surface area contributed by atoms with Gasteiger partial charge in [-0.1, -0.05) is 29.3 Å². The van der Waals surface area contributed by atoms with Crippen LogP contribution in [0.25, 0.3) is 0 Å². The van der Waals surface area contributed by atoms with Crippen molar-refractivity contribution >= 4 is 23.2 Å². The van der Waals surface area contributed by atoms with E-state index in [0.717, 1.165) is 18.7 Å². The minimum Gasteiger partial charge on any atom is -0.378 e. The van der Waals surface area contributed by atoms with Crippen molar-refractivity contribution in [3.8, 4) is 0 Å². The molecule has 1 N–H and O–H groups in total. The molecule has 5 heteroatoms. The first kappa shape index (κ1) is 10.2. The summed E-state index contributed by atoms with van der Waals surface area (Å²) in [6.45, 7) is 2.21. The van der Waals surface area contributed by atoms with Crippen molar-refractivity contribution in [3.05, 3.63) is 28.0 Å². The minimum absolute atomic E-state index is 0.126. The van der Waals surface area contributed by atoms with E-state index >= 15 is 0 Å². The second kappa shape index (κ2) is 4.45. The maximum atomic E-state index is 5.97. The molecule has 76 valence electrons. The van der Waals surface area contributed by atoms with Gasteiger partial charge in [-0.05, 0) is 6.07 Å². The van der Waals surface area contributed by atoms with Gasteiger partial charge in [0.05, 0.1) is 19.3 Å². The maximum absolute atomic E-state index is 5.97. The number of hydrogen-bond acceptors (Lipinski definition) is 3. The molecule has 0 aliphatic carbocycles. The zero-order valence-electron chi connectivity index (χ0n) is 7.46. The lowest BCUT2D eigenvalue weighted by atomic mass is 10.1. The molecule has 0 unspecified atom stereocenters. The summed E-state index contributed by atoms with van der Waals surface area (Å²) in [4.78, 5) is 3.98. The number of rotatable bonds is 1. The Hall–Kier alpha value is -0.350. The molecule has 2 heterocycles. The Morgan fingerprint density at radius 2 is 2.29 bits per heavy atom. The number of nitrogens with zero attached hydrogens (tertiary/aromatic N) is 1. The van der Waals surface area contributed by atoms with E-state index in [1.807, 2.05) is 6.07 Å². The lowest BCUT2D eigenvalue weighted by Gasteiger charge is -2.24. The van der Waals surface area contributed by atoms with E-state index in [1.165, 1.54) is 0 Å². The SMILES string of the molecule is Clc1ccc([C@@H]2COCCN2)c(Cl)n1. The first-order chi connectivity index (χ1) is 6.77. The van der Waals surface area contributed by atoms with Gasteiger partial charge in [-0.15, -0.1) is 0 Å². The van der Waals surface area contributed by atoms with Crippen molar-refractivity contribution < 1.29 is 4.74 Å². The van der Waals surface area contributed by atoms with E-state index in [1.54, 1.807) is 6.07 Å². The average Bonchev–Trinajstić information content (AvgIpc) is 2.19. The van der Waals surface area contributed by atoms with Crippen LogP contribution in [-0.2, 0) is 4.74 Å². The van der Waals surface area contributed by atoms with Crippen LogP contribution in [0, 0.1) is 0 Å². The largest absolute Gasteiger partial charge is 0.378 e. The molecule has 1 aromatic heterocycles.